The Morgan fingerprint density at radius 1 is 1.26 bits per heavy atom. The lowest BCUT2D eigenvalue weighted by Crippen LogP contribution is -2.51. The van der Waals surface area contributed by atoms with E-state index in [4.69, 9.17) is 0 Å². The third-order valence-corrected chi connectivity index (χ3v) is 2.95. The maximum Gasteiger partial charge on any atom is 0.220 e. The van der Waals surface area contributed by atoms with Gasteiger partial charge in [-0.05, 0) is 24.9 Å². The highest BCUT2D eigenvalue weighted by Crippen LogP contribution is 2.06. The summed E-state index contributed by atoms with van der Waals surface area (Å²) in [6.45, 7) is 4.58. The predicted octanol–water partition coefficient (Wildman–Crippen LogP) is 1.44. The highest BCUT2D eigenvalue weighted by atomic mass is 16.3. The van der Waals surface area contributed by atoms with Crippen LogP contribution in [0.5, 0.6) is 0 Å². The van der Waals surface area contributed by atoms with Crippen molar-refractivity contribution >= 4 is 5.91 Å². The first kappa shape index (κ1) is 15.7. The van der Waals surface area contributed by atoms with Crippen molar-refractivity contribution in [1.82, 2.24) is 10.6 Å². The average molecular weight is 264 g/mol. The predicted molar refractivity (Wildman–Crippen MR) is 76.7 cm³/mol. The lowest BCUT2D eigenvalue weighted by atomic mass is 10.0. The fourth-order valence-corrected chi connectivity index (χ4v) is 1.85. The molecule has 0 saturated heterocycles. The van der Waals surface area contributed by atoms with Crippen molar-refractivity contribution in [3.63, 3.8) is 0 Å². The standard InChI is InChI=1S/C15H24N2O2/c1-3-10-16-15(19)13(17-14(18)4-2)11-12-8-6-5-7-9-12/h5-9,13,15-16,19H,3-4,10-11H2,1-2H3,(H,17,18). The lowest BCUT2D eigenvalue weighted by Gasteiger charge is -2.25. The molecule has 0 fully saturated rings. The van der Waals surface area contributed by atoms with Gasteiger partial charge in [-0.3, -0.25) is 10.1 Å². The minimum Gasteiger partial charge on any atom is -0.376 e. The zero-order chi connectivity index (χ0) is 14.1. The second-order valence-corrected chi connectivity index (χ2v) is 4.62. The highest BCUT2D eigenvalue weighted by molar-refractivity contribution is 5.75. The van der Waals surface area contributed by atoms with Crippen molar-refractivity contribution < 1.29 is 9.90 Å². The first-order chi connectivity index (χ1) is 9.17. The number of hydrogen-bond donors (Lipinski definition) is 3. The number of hydrogen-bond acceptors (Lipinski definition) is 3. The van der Waals surface area contributed by atoms with E-state index in [1.165, 1.54) is 0 Å². The van der Waals surface area contributed by atoms with Crippen molar-refractivity contribution in [1.29, 1.82) is 0 Å². The summed E-state index contributed by atoms with van der Waals surface area (Å²) >= 11 is 0. The molecule has 3 N–H and O–H groups in total. The van der Waals surface area contributed by atoms with E-state index in [-0.39, 0.29) is 11.9 Å². The molecule has 4 heteroatoms. The van der Waals surface area contributed by atoms with Gasteiger partial charge in [-0.1, -0.05) is 44.2 Å². The molecule has 19 heavy (non-hydrogen) atoms. The van der Waals surface area contributed by atoms with E-state index in [1.54, 1.807) is 6.92 Å². The molecule has 0 aliphatic carbocycles. The van der Waals surface area contributed by atoms with Gasteiger partial charge in [-0.25, -0.2) is 0 Å². The van der Waals surface area contributed by atoms with Crippen LogP contribution in [0.3, 0.4) is 0 Å². The van der Waals surface area contributed by atoms with Crippen LogP contribution in [-0.4, -0.2) is 29.8 Å². The molecule has 4 nitrogen and oxygen atoms in total. The van der Waals surface area contributed by atoms with Crippen LogP contribution >= 0.6 is 0 Å². The topological polar surface area (TPSA) is 61.4 Å². The normalized spacial score (nSPS) is 13.8. The van der Waals surface area contributed by atoms with Crippen LogP contribution in [0.25, 0.3) is 0 Å². The zero-order valence-electron chi connectivity index (χ0n) is 11.7. The molecule has 0 aliphatic heterocycles. The van der Waals surface area contributed by atoms with E-state index in [2.05, 4.69) is 10.6 Å². The Balaban J connectivity index is 2.65. The summed E-state index contributed by atoms with van der Waals surface area (Å²) in [4.78, 5) is 11.5. The van der Waals surface area contributed by atoms with Crippen LogP contribution in [0.2, 0.25) is 0 Å². The SMILES string of the molecule is CCCNC(O)C(Cc1ccccc1)NC(=O)CC. The Kier molecular flexibility index (Phi) is 7.15. The van der Waals surface area contributed by atoms with Gasteiger partial charge < -0.3 is 10.4 Å². The van der Waals surface area contributed by atoms with Gasteiger partial charge in [-0.15, -0.1) is 0 Å². The summed E-state index contributed by atoms with van der Waals surface area (Å²) in [5, 5.41) is 16.0. The Morgan fingerprint density at radius 3 is 2.53 bits per heavy atom. The van der Waals surface area contributed by atoms with Gasteiger partial charge in [0.2, 0.25) is 5.91 Å². The zero-order valence-corrected chi connectivity index (χ0v) is 11.7. The molecule has 2 unspecified atom stereocenters. The van der Waals surface area contributed by atoms with Crippen LogP contribution in [0, 0.1) is 0 Å². The van der Waals surface area contributed by atoms with E-state index >= 15 is 0 Å². The summed E-state index contributed by atoms with van der Waals surface area (Å²) in [6.07, 6.45) is 1.25. The monoisotopic (exact) mass is 264 g/mol. The molecule has 0 spiro atoms. The Morgan fingerprint density at radius 2 is 1.95 bits per heavy atom. The fourth-order valence-electron chi connectivity index (χ4n) is 1.85. The minimum atomic E-state index is -0.726. The third-order valence-electron chi connectivity index (χ3n) is 2.95. The summed E-state index contributed by atoms with van der Waals surface area (Å²) in [7, 11) is 0. The largest absolute Gasteiger partial charge is 0.376 e. The van der Waals surface area contributed by atoms with Crippen LogP contribution < -0.4 is 10.6 Å². The maximum absolute atomic E-state index is 11.5. The number of benzene rings is 1. The van der Waals surface area contributed by atoms with Crippen molar-refractivity contribution in [3.8, 4) is 0 Å². The van der Waals surface area contributed by atoms with Gasteiger partial charge >= 0.3 is 0 Å². The number of amides is 1. The van der Waals surface area contributed by atoms with Gasteiger partial charge in [0.1, 0.15) is 6.23 Å². The molecular formula is C15H24N2O2. The first-order valence-corrected chi connectivity index (χ1v) is 6.92. The Hall–Kier alpha value is -1.39. The fraction of sp³-hybridized carbons (Fsp3) is 0.533. The van der Waals surface area contributed by atoms with E-state index < -0.39 is 6.23 Å². The number of nitrogens with one attached hydrogen (secondary N) is 2. The summed E-state index contributed by atoms with van der Waals surface area (Å²) in [5.74, 6) is -0.0433. The molecule has 106 valence electrons. The molecule has 1 aromatic carbocycles. The Bertz CT molecular complexity index is 368. The Labute approximate surface area is 115 Å². The van der Waals surface area contributed by atoms with Gasteiger partial charge in [0.25, 0.3) is 0 Å². The van der Waals surface area contributed by atoms with Crippen molar-refractivity contribution in [2.24, 2.45) is 0 Å². The molecule has 0 saturated carbocycles. The van der Waals surface area contributed by atoms with E-state index in [0.29, 0.717) is 12.8 Å². The number of rotatable bonds is 8. The van der Waals surface area contributed by atoms with E-state index in [0.717, 1.165) is 18.5 Å². The molecule has 0 heterocycles. The van der Waals surface area contributed by atoms with Gasteiger partial charge in [0, 0.05) is 6.42 Å². The second-order valence-electron chi connectivity index (χ2n) is 4.62. The average Bonchev–Trinajstić information content (AvgIpc) is 2.44. The summed E-state index contributed by atoms with van der Waals surface area (Å²) in [5.41, 5.74) is 1.10. The number of carbonyl (C=O) groups excluding carboxylic acids is 1. The van der Waals surface area contributed by atoms with E-state index in [9.17, 15) is 9.90 Å². The van der Waals surface area contributed by atoms with E-state index in [1.807, 2.05) is 37.3 Å². The molecule has 0 radical (unpaired) electrons. The number of carbonyl (C=O) groups is 1. The van der Waals surface area contributed by atoms with Gasteiger partial charge in [0.15, 0.2) is 0 Å². The number of aliphatic hydroxyl groups excluding tert-OH is 1. The molecule has 1 amide bonds. The molecular weight excluding hydrogens is 240 g/mol. The third kappa shape index (κ3) is 5.85. The molecule has 2 atom stereocenters. The van der Waals surface area contributed by atoms with Crippen molar-refractivity contribution in [3.05, 3.63) is 35.9 Å². The lowest BCUT2D eigenvalue weighted by molar-refractivity contribution is -0.122. The molecule has 0 aliphatic rings. The maximum atomic E-state index is 11.5. The molecule has 0 bridgehead atoms. The molecule has 1 rings (SSSR count). The van der Waals surface area contributed by atoms with Crippen LogP contribution in [-0.2, 0) is 11.2 Å². The quantitative estimate of drug-likeness (QED) is 0.623. The van der Waals surface area contributed by atoms with Gasteiger partial charge in [0.05, 0.1) is 6.04 Å². The molecule has 1 aromatic rings. The smallest absolute Gasteiger partial charge is 0.220 e. The van der Waals surface area contributed by atoms with Crippen molar-refractivity contribution in [2.45, 2.75) is 45.4 Å². The van der Waals surface area contributed by atoms with Crippen LogP contribution in [0.15, 0.2) is 30.3 Å². The van der Waals surface area contributed by atoms with Crippen molar-refractivity contribution in [2.75, 3.05) is 6.54 Å². The minimum absolute atomic E-state index is 0.0433. The van der Waals surface area contributed by atoms with Gasteiger partial charge in [-0.2, -0.15) is 0 Å². The highest BCUT2D eigenvalue weighted by Gasteiger charge is 2.20. The number of aliphatic hydroxyl groups is 1. The van der Waals surface area contributed by atoms with Crippen LogP contribution in [0.4, 0.5) is 0 Å². The first-order valence-electron chi connectivity index (χ1n) is 6.92. The second kappa shape index (κ2) is 8.67. The van der Waals surface area contributed by atoms with Crippen LogP contribution in [0.1, 0.15) is 32.3 Å². The molecule has 0 aromatic heterocycles. The summed E-state index contributed by atoms with van der Waals surface area (Å²) in [6, 6.07) is 9.56. The summed E-state index contributed by atoms with van der Waals surface area (Å²) < 4.78 is 0.